The normalized spacial score (nSPS) is 19.5. The highest BCUT2D eigenvalue weighted by atomic mass is 31.2. The van der Waals surface area contributed by atoms with E-state index in [0.29, 0.717) is 17.7 Å². The van der Waals surface area contributed by atoms with Gasteiger partial charge < -0.3 is 9.26 Å². The summed E-state index contributed by atoms with van der Waals surface area (Å²) in [5.41, 5.74) is 0.328. The van der Waals surface area contributed by atoms with E-state index in [2.05, 4.69) is 14.8 Å². The predicted molar refractivity (Wildman–Crippen MR) is 114 cm³/mol. The Bertz CT molecular complexity index is 1140. The average Bonchev–Trinajstić information content (AvgIpc) is 3.48. The summed E-state index contributed by atoms with van der Waals surface area (Å²) in [6.07, 6.45) is 3.70. The maximum atomic E-state index is 13.3. The molecule has 0 aliphatic heterocycles. The molecule has 11 heteroatoms. The number of nitrogens with zero attached hydrogens (tertiary/aromatic N) is 1. The molecule has 1 fully saturated rings. The number of carbonyl (C=O) groups excluding carboxylic acids is 1. The third kappa shape index (κ3) is 6.04. The van der Waals surface area contributed by atoms with Crippen molar-refractivity contribution in [2.45, 2.75) is 26.3 Å². The summed E-state index contributed by atoms with van der Waals surface area (Å²) in [4.78, 5) is 37.4. The number of hydrogen-bond donors (Lipinski definition) is 2. The van der Waals surface area contributed by atoms with Crippen LogP contribution in [0.2, 0.25) is 0 Å². The third-order valence-corrected chi connectivity index (χ3v) is 6.26. The molecule has 2 N–H and O–H groups in total. The minimum Gasteiger partial charge on any atom is -0.468 e. The number of esters is 1. The number of hydrogen-bond acceptors (Lipinski definition) is 7. The van der Waals surface area contributed by atoms with Gasteiger partial charge in [-0.1, -0.05) is 18.2 Å². The van der Waals surface area contributed by atoms with Crippen LogP contribution in [-0.4, -0.2) is 35.3 Å². The monoisotopic (exact) mass is 449 g/mol. The zero-order valence-corrected chi connectivity index (χ0v) is 18.3. The molecule has 3 rings (SSSR count). The van der Waals surface area contributed by atoms with Gasteiger partial charge in [0, 0.05) is 23.9 Å². The van der Waals surface area contributed by atoms with Crippen molar-refractivity contribution in [3.8, 4) is 5.75 Å². The van der Waals surface area contributed by atoms with Gasteiger partial charge >= 0.3 is 19.4 Å². The molecule has 1 aliphatic carbocycles. The molecule has 2 unspecified atom stereocenters. The summed E-state index contributed by atoms with van der Waals surface area (Å²) in [5, 5.41) is 2.59. The maximum absolute atomic E-state index is 13.3. The lowest BCUT2D eigenvalue weighted by molar-refractivity contribution is -0.142. The lowest BCUT2D eigenvalue weighted by Gasteiger charge is -2.22. The van der Waals surface area contributed by atoms with Crippen molar-refractivity contribution < 1.29 is 23.1 Å². The van der Waals surface area contributed by atoms with Crippen molar-refractivity contribution in [3.63, 3.8) is 0 Å². The van der Waals surface area contributed by atoms with Crippen LogP contribution in [0, 0.1) is 12.8 Å². The fourth-order valence-corrected chi connectivity index (χ4v) is 4.31. The van der Waals surface area contributed by atoms with E-state index in [0.717, 1.165) is 5.57 Å². The molecule has 0 amide bonds. The van der Waals surface area contributed by atoms with Gasteiger partial charge in [0.15, 0.2) is 0 Å². The molecule has 1 aliphatic rings. The quantitative estimate of drug-likeness (QED) is 0.440. The van der Waals surface area contributed by atoms with Gasteiger partial charge in [0.1, 0.15) is 11.8 Å². The molecule has 1 aromatic carbocycles. The lowest BCUT2D eigenvalue weighted by atomic mass is 10.3. The number of aromatic amines is 1. The Labute approximate surface area is 178 Å². The second-order valence-corrected chi connectivity index (χ2v) is 8.85. The molecule has 10 nitrogen and oxygen atoms in total. The molecule has 1 aromatic heterocycles. The van der Waals surface area contributed by atoms with Gasteiger partial charge in [0.05, 0.1) is 13.7 Å². The molecule has 1 heterocycles. The van der Waals surface area contributed by atoms with E-state index in [4.69, 9.17) is 9.05 Å². The number of methoxy groups -OCH3 is 1. The van der Waals surface area contributed by atoms with Gasteiger partial charge in [-0.25, -0.2) is 9.36 Å². The largest absolute Gasteiger partial charge is 0.468 e. The van der Waals surface area contributed by atoms with E-state index in [-0.39, 0.29) is 12.5 Å². The number of ether oxygens (including phenoxy) is 1. The molecular weight excluding hydrogens is 425 g/mol. The number of rotatable bonds is 9. The van der Waals surface area contributed by atoms with Crippen LogP contribution in [0.4, 0.5) is 0 Å². The number of benzene rings is 1. The number of aromatic nitrogens is 2. The minimum absolute atomic E-state index is 0.0495. The lowest BCUT2D eigenvalue weighted by Crippen LogP contribution is -2.34. The van der Waals surface area contributed by atoms with Crippen LogP contribution < -0.4 is 20.9 Å². The summed E-state index contributed by atoms with van der Waals surface area (Å²) in [5.74, 6) is -0.375. The van der Waals surface area contributed by atoms with Crippen molar-refractivity contribution in [1.82, 2.24) is 14.6 Å². The van der Waals surface area contributed by atoms with Gasteiger partial charge in [-0.3, -0.25) is 23.7 Å². The van der Waals surface area contributed by atoms with Gasteiger partial charge in [-0.05, 0) is 38.0 Å². The Morgan fingerprint density at radius 2 is 2.06 bits per heavy atom. The predicted octanol–water partition coefficient (Wildman–Crippen LogP) is 2.06. The number of carbonyl (C=O) groups is 1. The summed E-state index contributed by atoms with van der Waals surface area (Å²) in [7, 11) is -2.68. The summed E-state index contributed by atoms with van der Waals surface area (Å²) in [6, 6.07) is 7.54. The number of para-hydroxylation sites is 1. The maximum Gasteiger partial charge on any atom is 0.459 e. The summed E-state index contributed by atoms with van der Waals surface area (Å²) < 4.78 is 30.4. The second kappa shape index (κ2) is 9.47. The summed E-state index contributed by atoms with van der Waals surface area (Å²) in [6.45, 7) is 3.14. The molecule has 0 saturated heterocycles. The van der Waals surface area contributed by atoms with Gasteiger partial charge in [-0.15, -0.1) is 0 Å². The Morgan fingerprint density at radius 1 is 1.35 bits per heavy atom. The molecule has 0 radical (unpaired) electrons. The highest BCUT2D eigenvalue weighted by Gasteiger charge is 2.37. The molecular formula is C20H24N3O7P. The second-order valence-electron chi connectivity index (χ2n) is 7.16. The Hall–Kier alpha value is -2.94. The van der Waals surface area contributed by atoms with Gasteiger partial charge in [-0.2, -0.15) is 5.09 Å². The van der Waals surface area contributed by atoms with E-state index in [1.165, 1.54) is 24.8 Å². The van der Waals surface area contributed by atoms with E-state index in [1.54, 1.807) is 43.5 Å². The molecule has 0 spiro atoms. The van der Waals surface area contributed by atoms with Crippen LogP contribution >= 0.6 is 7.75 Å². The topological polar surface area (TPSA) is 129 Å². The Balaban J connectivity index is 1.70. The van der Waals surface area contributed by atoms with Crippen LogP contribution in [-0.2, 0) is 18.6 Å². The van der Waals surface area contributed by atoms with Crippen molar-refractivity contribution in [1.29, 1.82) is 0 Å². The van der Waals surface area contributed by atoms with E-state index in [9.17, 15) is 18.9 Å². The number of aryl methyl sites for hydroxylation is 1. The smallest absolute Gasteiger partial charge is 0.459 e. The molecule has 3 atom stereocenters. The van der Waals surface area contributed by atoms with Crippen LogP contribution in [0.15, 0.2) is 51.7 Å². The fourth-order valence-electron chi connectivity index (χ4n) is 2.78. The van der Waals surface area contributed by atoms with E-state index >= 15 is 0 Å². The van der Waals surface area contributed by atoms with Crippen molar-refractivity contribution >= 4 is 19.9 Å². The van der Waals surface area contributed by atoms with Crippen LogP contribution in [0.3, 0.4) is 0 Å². The van der Waals surface area contributed by atoms with Crippen molar-refractivity contribution in [2.24, 2.45) is 5.92 Å². The van der Waals surface area contributed by atoms with Crippen LogP contribution in [0.1, 0.15) is 18.9 Å². The molecule has 166 valence electrons. The van der Waals surface area contributed by atoms with Crippen LogP contribution in [0.25, 0.3) is 6.20 Å². The first-order valence-electron chi connectivity index (χ1n) is 9.58. The SMILES string of the molecule is COC(=O)[C@H](C)NP(=O)(OCC1C/C1=C/n1cc(C)c(=O)[nH]c1=O)Oc1ccccc1. The zero-order chi connectivity index (χ0) is 22.6. The molecule has 0 bridgehead atoms. The minimum atomic E-state index is -3.91. The number of nitrogens with one attached hydrogen (secondary N) is 2. The Kier molecular flexibility index (Phi) is 6.94. The fraction of sp³-hybridized carbons (Fsp3) is 0.350. The Morgan fingerprint density at radius 3 is 2.74 bits per heavy atom. The molecule has 2 aromatic rings. The highest BCUT2D eigenvalue weighted by molar-refractivity contribution is 7.52. The van der Waals surface area contributed by atoms with Crippen molar-refractivity contribution in [3.05, 3.63) is 68.5 Å². The van der Waals surface area contributed by atoms with E-state index in [1.807, 2.05) is 0 Å². The van der Waals surface area contributed by atoms with Crippen molar-refractivity contribution in [2.75, 3.05) is 13.7 Å². The highest BCUT2D eigenvalue weighted by Crippen LogP contribution is 2.48. The van der Waals surface area contributed by atoms with E-state index < -0.39 is 31.0 Å². The first kappa shape index (κ1) is 22.7. The van der Waals surface area contributed by atoms with Crippen LogP contribution in [0.5, 0.6) is 5.75 Å². The first-order valence-corrected chi connectivity index (χ1v) is 11.1. The first-order chi connectivity index (χ1) is 14.7. The van der Waals surface area contributed by atoms with Gasteiger partial charge in [0.25, 0.3) is 5.56 Å². The zero-order valence-electron chi connectivity index (χ0n) is 17.4. The molecule has 1 saturated carbocycles. The molecule has 31 heavy (non-hydrogen) atoms. The number of H-pyrrole nitrogens is 1. The summed E-state index contributed by atoms with van der Waals surface area (Å²) >= 11 is 0. The third-order valence-electron chi connectivity index (χ3n) is 4.62. The standard InChI is InChI=1S/C20H24N3O7P/c1-13-10-23(20(26)21-18(13)24)11-15-9-16(15)12-29-31(27,22-14(2)19(25)28-3)30-17-7-5-4-6-8-17/h4-8,10-11,14,16H,9,12H2,1-3H3,(H,22,27)(H,21,24,26)/b15-11-/t14-,16?,31?/m0/s1. The van der Waals surface area contributed by atoms with Gasteiger partial charge in [0.2, 0.25) is 0 Å². The average molecular weight is 449 g/mol.